The van der Waals surface area contributed by atoms with E-state index < -0.39 is 24.2 Å². The van der Waals surface area contributed by atoms with Crippen LogP contribution in [0.3, 0.4) is 0 Å². The van der Waals surface area contributed by atoms with E-state index in [4.69, 9.17) is 5.11 Å². The second-order valence-electron chi connectivity index (χ2n) is 2.98. The number of hydrogen-bond acceptors (Lipinski definition) is 6. The molecule has 0 aliphatic heterocycles. The van der Waals surface area contributed by atoms with E-state index in [1.165, 1.54) is 6.92 Å². The van der Waals surface area contributed by atoms with Crippen molar-refractivity contribution in [2.45, 2.75) is 13.3 Å². The number of nitrogens with zero attached hydrogens (tertiary/aromatic N) is 2. The molecule has 1 aromatic heterocycles. The van der Waals surface area contributed by atoms with Gasteiger partial charge in [0.25, 0.3) is 0 Å². The Hall–Kier alpha value is -2.18. The van der Waals surface area contributed by atoms with Gasteiger partial charge in [0.05, 0.1) is 19.1 Å². The summed E-state index contributed by atoms with van der Waals surface area (Å²) in [6.07, 6.45) is -0.545. The van der Waals surface area contributed by atoms with Crippen molar-refractivity contribution < 1.29 is 24.5 Å². The van der Waals surface area contributed by atoms with Crippen LogP contribution in [0, 0.1) is 6.92 Å². The van der Waals surface area contributed by atoms with Crippen LogP contribution in [0.5, 0.6) is 5.88 Å². The summed E-state index contributed by atoms with van der Waals surface area (Å²) in [6, 6.07) is 0. The van der Waals surface area contributed by atoms with Crippen molar-refractivity contribution in [3.05, 3.63) is 17.1 Å². The van der Waals surface area contributed by atoms with Gasteiger partial charge in [-0.3, -0.25) is 4.79 Å². The molecule has 0 amide bonds. The third-order valence-corrected chi connectivity index (χ3v) is 1.80. The largest absolute Gasteiger partial charge is 0.493 e. The number of carboxylic acids is 1. The lowest BCUT2D eigenvalue weighted by Crippen LogP contribution is -2.14. The van der Waals surface area contributed by atoms with Crippen molar-refractivity contribution in [3.63, 3.8) is 0 Å². The van der Waals surface area contributed by atoms with E-state index in [9.17, 15) is 14.7 Å². The first-order valence-electron chi connectivity index (χ1n) is 4.32. The quantitative estimate of drug-likeness (QED) is 0.692. The number of hydrogen-bond donors (Lipinski definition) is 2. The molecule has 2 N–H and O–H groups in total. The molecule has 0 bridgehead atoms. The Balaban J connectivity index is 3.31. The summed E-state index contributed by atoms with van der Waals surface area (Å²) < 4.78 is 4.44. The van der Waals surface area contributed by atoms with Crippen molar-refractivity contribution in [1.29, 1.82) is 0 Å². The lowest BCUT2D eigenvalue weighted by Gasteiger charge is -2.07. The maximum absolute atomic E-state index is 11.3. The van der Waals surface area contributed by atoms with Crippen LogP contribution in [-0.4, -0.2) is 39.2 Å². The van der Waals surface area contributed by atoms with E-state index in [2.05, 4.69) is 14.7 Å². The van der Waals surface area contributed by atoms with Gasteiger partial charge >= 0.3 is 11.9 Å². The second kappa shape index (κ2) is 4.56. The van der Waals surface area contributed by atoms with Crippen LogP contribution < -0.4 is 0 Å². The van der Waals surface area contributed by atoms with Crippen molar-refractivity contribution in [1.82, 2.24) is 9.97 Å². The molecule has 7 nitrogen and oxygen atoms in total. The Bertz CT molecular complexity index is 444. The fourth-order valence-corrected chi connectivity index (χ4v) is 1.16. The molecule has 0 aromatic carbocycles. The second-order valence-corrected chi connectivity index (χ2v) is 2.98. The van der Waals surface area contributed by atoms with E-state index in [1.807, 2.05) is 0 Å². The summed E-state index contributed by atoms with van der Waals surface area (Å²) in [6.45, 7) is 1.47. The van der Waals surface area contributed by atoms with Crippen LogP contribution in [-0.2, 0) is 16.0 Å². The summed E-state index contributed by atoms with van der Waals surface area (Å²) in [5, 5.41) is 18.1. The predicted molar refractivity (Wildman–Crippen MR) is 51.1 cm³/mol. The molecule has 0 spiro atoms. The zero-order valence-electron chi connectivity index (χ0n) is 8.72. The first-order chi connectivity index (χ1) is 7.45. The Morgan fingerprint density at radius 3 is 2.50 bits per heavy atom. The number of carbonyl (C=O) groups excluding carboxylic acids is 1. The molecule has 0 fully saturated rings. The van der Waals surface area contributed by atoms with Gasteiger partial charge in [-0.05, 0) is 6.92 Å². The van der Waals surface area contributed by atoms with Gasteiger partial charge in [-0.2, -0.15) is 4.98 Å². The predicted octanol–water partition coefficient (Wildman–Crippen LogP) is -0.0957. The third-order valence-electron chi connectivity index (χ3n) is 1.80. The lowest BCUT2D eigenvalue weighted by molar-refractivity contribution is -0.136. The van der Waals surface area contributed by atoms with Crippen LogP contribution in [0.2, 0.25) is 0 Å². The van der Waals surface area contributed by atoms with Gasteiger partial charge < -0.3 is 14.9 Å². The number of aryl methyl sites for hydroxylation is 1. The molecule has 0 saturated carbocycles. The number of methoxy groups -OCH3 is 1. The van der Waals surface area contributed by atoms with E-state index in [-0.39, 0.29) is 17.1 Å². The smallest absolute Gasteiger partial charge is 0.357 e. The van der Waals surface area contributed by atoms with Gasteiger partial charge in [-0.1, -0.05) is 0 Å². The van der Waals surface area contributed by atoms with Gasteiger partial charge in [-0.25, -0.2) is 9.78 Å². The third kappa shape index (κ3) is 2.44. The summed E-state index contributed by atoms with van der Waals surface area (Å²) in [7, 11) is 1.14. The SMILES string of the molecule is COC(=O)c1nc(C)nc(O)c1CC(=O)O. The minimum atomic E-state index is -1.20. The maximum atomic E-state index is 11.3. The van der Waals surface area contributed by atoms with Crippen LogP contribution in [0.1, 0.15) is 21.9 Å². The fraction of sp³-hybridized carbons (Fsp3) is 0.333. The minimum absolute atomic E-state index is 0.148. The number of carbonyl (C=O) groups is 2. The lowest BCUT2D eigenvalue weighted by atomic mass is 10.1. The molecule has 0 unspecified atom stereocenters. The fourth-order valence-electron chi connectivity index (χ4n) is 1.16. The number of aromatic hydroxyl groups is 1. The highest BCUT2D eigenvalue weighted by molar-refractivity contribution is 5.90. The van der Waals surface area contributed by atoms with E-state index in [0.29, 0.717) is 0 Å². The highest BCUT2D eigenvalue weighted by Gasteiger charge is 2.21. The average Bonchev–Trinajstić information content (AvgIpc) is 2.20. The molecule has 0 radical (unpaired) electrons. The number of ether oxygens (including phenoxy) is 1. The number of aromatic nitrogens is 2. The van der Waals surface area contributed by atoms with Crippen molar-refractivity contribution in [2.75, 3.05) is 7.11 Å². The molecule has 0 aliphatic rings. The Kier molecular flexibility index (Phi) is 3.39. The van der Waals surface area contributed by atoms with Crippen LogP contribution in [0.4, 0.5) is 0 Å². The molecule has 0 saturated heterocycles. The molecule has 0 atom stereocenters. The van der Waals surface area contributed by atoms with Crippen molar-refractivity contribution in [3.8, 4) is 5.88 Å². The molecule has 86 valence electrons. The van der Waals surface area contributed by atoms with Gasteiger partial charge in [0.15, 0.2) is 5.69 Å². The van der Waals surface area contributed by atoms with Crippen molar-refractivity contribution >= 4 is 11.9 Å². The summed E-state index contributed by atoms with van der Waals surface area (Å²) in [5.41, 5.74) is -0.375. The molecular formula is C9H10N2O5. The maximum Gasteiger partial charge on any atom is 0.357 e. The standard InChI is InChI=1S/C9H10N2O5/c1-4-10-7(9(15)16-2)5(3-6(12)13)8(14)11-4/h3H2,1-2H3,(H,12,13)(H,10,11,14). The van der Waals surface area contributed by atoms with Crippen molar-refractivity contribution in [2.24, 2.45) is 0 Å². The average molecular weight is 226 g/mol. The summed E-state index contributed by atoms with van der Waals surface area (Å²) >= 11 is 0. The van der Waals surface area contributed by atoms with Crippen LogP contribution >= 0.6 is 0 Å². The molecular weight excluding hydrogens is 216 g/mol. The molecule has 1 aromatic rings. The number of aliphatic carboxylic acids is 1. The molecule has 1 heterocycles. The monoisotopic (exact) mass is 226 g/mol. The van der Waals surface area contributed by atoms with Crippen LogP contribution in [0.25, 0.3) is 0 Å². The molecule has 7 heteroatoms. The van der Waals surface area contributed by atoms with Gasteiger partial charge in [0.1, 0.15) is 5.82 Å². The summed E-state index contributed by atoms with van der Waals surface area (Å²) in [5.74, 6) is -2.37. The van der Waals surface area contributed by atoms with E-state index in [0.717, 1.165) is 7.11 Å². The van der Waals surface area contributed by atoms with Gasteiger partial charge in [-0.15, -0.1) is 0 Å². The Morgan fingerprint density at radius 2 is 2.00 bits per heavy atom. The highest BCUT2D eigenvalue weighted by atomic mass is 16.5. The molecule has 16 heavy (non-hydrogen) atoms. The first-order valence-corrected chi connectivity index (χ1v) is 4.32. The topological polar surface area (TPSA) is 110 Å². The Morgan fingerprint density at radius 1 is 1.38 bits per heavy atom. The minimum Gasteiger partial charge on any atom is -0.493 e. The van der Waals surface area contributed by atoms with Gasteiger partial charge in [0.2, 0.25) is 5.88 Å². The highest BCUT2D eigenvalue weighted by Crippen LogP contribution is 2.19. The number of esters is 1. The molecule has 0 aliphatic carbocycles. The van der Waals surface area contributed by atoms with Gasteiger partial charge in [0, 0.05) is 0 Å². The Labute approximate surface area is 90.7 Å². The normalized spacial score (nSPS) is 9.88. The number of rotatable bonds is 3. The number of carboxylic acid groups (broad SMARTS) is 1. The van der Waals surface area contributed by atoms with E-state index in [1.54, 1.807) is 0 Å². The van der Waals surface area contributed by atoms with Crippen LogP contribution in [0.15, 0.2) is 0 Å². The first kappa shape index (κ1) is 11.9. The zero-order chi connectivity index (χ0) is 12.3. The van der Waals surface area contributed by atoms with E-state index >= 15 is 0 Å². The zero-order valence-corrected chi connectivity index (χ0v) is 8.72. The molecule has 1 rings (SSSR count). The summed E-state index contributed by atoms with van der Waals surface area (Å²) in [4.78, 5) is 29.2.